The lowest BCUT2D eigenvalue weighted by Gasteiger charge is -1.99. The highest BCUT2D eigenvalue weighted by molar-refractivity contribution is 5.40. The van der Waals surface area contributed by atoms with Crippen LogP contribution >= 0.6 is 0 Å². The average Bonchev–Trinajstić information content (AvgIpc) is 2.51. The van der Waals surface area contributed by atoms with Crippen LogP contribution in [-0.4, -0.2) is 6.61 Å². The zero-order chi connectivity index (χ0) is 8.39. The Balaban J connectivity index is 2.34. The van der Waals surface area contributed by atoms with Gasteiger partial charge in [0.05, 0.1) is 6.61 Å². The van der Waals surface area contributed by atoms with Crippen molar-refractivity contribution >= 4 is 0 Å². The molecule has 0 saturated heterocycles. The molecule has 0 aromatic heterocycles. The molecule has 0 N–H and O–H groups in total. The van der Waals surface area contributed by atoms with Gasteiger partial charge in [-0.2, -0.15) is 0 Å². The van der Waals surface area contributed by atoms with E-state index in [1.165, 1.54) is 11.1 Å². The van der Waals surface area contributed by atoms with Crippen LogP contribution < -0.4 is 4.74 Å². The molecule has 0 spiro atoms. The largest absolute Gasteiger partial charge is 0.493 e. The van der Waals surface area contributed by atoms with E-state index in [2.05, 4.69) is 12.0 Å². The Morgan fingerprint density at radius 1 is 1.50 bits per heavy atom. The third-order valence-electron chi connectivity index (χ3n) is 2.06. The maximum atomic E-state index is 5.38. The lowest BCUT2D eigenvalue weighted by molar-refractivity contribution is 0.357. The van der Waals surface area contributed by atoms with E-state index in [0.717, 1.165) is 18.8 Å². The van der Waals surface area contributed by atoms with Crippen molar-refractivity contribution in [3.8, 4) is 18.1 Å². The zero-order valence-corrected chi connectivity index (χ0v) is 6.84. The molecule has 2 rings (SSSR count). The smallest absolute Gasteiger partial charge is 0.122 e. The van der Waals surface area contributed by atoms with Crippen molar-refractivity contribution in [3.05, 3.63) is 29.3 Å². The van der Waals surface area contributed by atoms with E-state index in [9.17, 15) is 0 Å². The quantitative estimate of drug-likeness (QED) is 0.566. The predicted octanol–water partition coefficient (Wildman–Crippen LogP) is 1.80. The molecule has 0 saturated carbocycles. The minimum atomic E-state index is 0.716. The van der Waals surface area contributed by atoms with Crippen molar-refractivity contribution in [1.29, 1.82) is 0 Å². The Morgan fingerprint density at radius 3 is 3.25 bits per heavy atom. The van der Waals surface area contributed by atoms with Crippen molar-refractivity contribution in [2.24, 2.45) is 0 Å². The minimum Gasteiger partial charge on any atom is -0.493 e. The molecular weight excluding hydrogens is 148 g/mol. The molecule has 1 aromatic rings. The molecule has 1 aliphatic heterocycles. The predicted molar refractivity (Wildman–Crippen MR) is 48.2 cm³/mol. The number of benzene rings is 1. The van der Waals surface area contributed by atoms with E-state index < -0.39 is 0 Å². The molecule has 0 fully saturated rings. The second-order valence-corrected chi connectivity index (χ2v) is 2.92. The van der Waals surface area contributed by atoms with Gasteiger partial charge >= 0.3 is 0 Å². The van der Waals surface area contributed by atoms with Crippen molar-refractivity contribution in [3.63, 3.8) is 0 Å². The molecule has 0 atom stereocenters. The molecular formula is C11H10O. The van der Waals surface area contributed by atoms with Gasteiger partial charge in [0.25, 0.3) is 0 Å². The van der Waals surface area contributed by atoms with Crippen LogP contribution in [0.1, 0.15) is 11.1 Å². The van der Waals surface area contributed by atoms with Crippen molar-refractivity contribution in [1.82, 2.24) is 0 Å². The Kier molecular flexibility index (Phi) is 1.75. The number of fused-ring (bicyclic) bond motifs is 1. The summed E-state index contributed by atoms with van der Waals surface area (Å²) in [5.74, 6) is 3.66. The summed E-state index contributed by atoms with van der Waals surface area (Å²) in [5.41, 5.74) is 2.50. The van der Waals surface area contributed by atoms with Gasteiger partial charge in [0.1, 0.15) is 5.75 Å². The maximum Gasteiger partial charge on any atom is 0.122 e. The summed E-state index contributed by atoms with van der Waals surface area (Å²) in [6.45, 7) is 0.814. The Hall–Kier alpha value is -1.42. The Morgan fingerprint density at radius 2 is 2.42 bits per heavy atom. The van der Waals surface area contributed by atoms with Crippen LogP contribution in [0, 0.1) is 12.3 Å². The second kappa shape index (κ2) is 2.91. The number of hydrogen-bond donors (Lipinski definition) is 0. The summed E-state index contributed by atoms with van der Waals surface area (Å²) in [6.07, 6.45) is 6.96. The summed E-state index contributed by atoms with van der Waals surface area (Å²) < 4.78 is 5.38. The Labute approximate surface area is 72.4 Å². The van der Waals surface area contributed by atoms with Crippen molar-refractivity contribution in [2.45, 2.75) is 12.8 Å². The monoisotopic (exact) mass is 158 g/mol. The first-order valence-electron chi connectivity index (χ1n) is 4.08. The number of terminal acetylenes is 1. The van der Waals surface area contributed by atoms with Crippen molar-refractivity contribution in [2.75, 3.05) is 6.61 Å². The standard InChI is InChI=1S/C11H10O/c1-2-3-9-4-5-11-10(8-9)6-7-12-11/h1,4-5,8H,3,6-7H2. The summed E-state index contributed by atoms with van der Waals surface area (Å²) in [5, 5.41) is 0. The highest BCUT2D eigenvalue weighted by Gasteiger charge is 2.10. The van der Waals surface area contributed by atoms with E-state index >= 15 is 0 Å². The lowest BCUT2D eigenvalue weighted by atomic mass is 10.1. The molecule has 0 radical (unpaired) electrons. The summed E-state index contributed by atoms with van der Waals surface area (Å²) in [6, 6.07) is 6.18. The van der Waals surface area contributed by atoms with Crippen LogP contribution in [0.2, 0.25) is 0 Å². The van der Waals surface area contributed by atoms with Crippen molar-refractivity contribution < 1.29 is 4.74 Å². The molecule has 1 nitrogen and oxygen atoms in total. The van der Waals surface area contributed by atoms with Gasteiger partial charge in [-0.1, -0.05) is 12.1 Å². The lowest BCUT2D eigenvalue weighted by Crippen LogP contribution is -1.85. The fraction of sp³-hybridized carbons (Fsp3) is 0.273. The van der Waals surface area contributed by atoms with E-state index in [1.54, 1.807) is 0 Å². The van der Waals surface area contributed by atoms with Gasteiger partial charge in [-0.05, 0) is 17.2 Å². The molecule has 1 aliphatic rings. The van der Waals surface area contributed by atoms with Gasteiger partial charge < -0.3 is 4.74 Å². The van der Waals surface area contributed by atoms with Gasteiger partial charge in [0.2, 0.25) is 0 Å². The molecule has 0 unspecified atom stereocenters. The number of rotatable bonds is 1. The van der Waals surface area contributed by atoms with Gasteiger partial charge in [-0.15, -0.1) is 12.3 Å². The first kappa shape index (κ1) is 7.24. The molecule has 0 aliphatic carbocycles. The molecule has 0 amide bonds. The fourth-order valence-corrected chi connectivity index (χ4v) is 1.47. The highest BCUT2D eigenvalue weighted by atomic mass is 16.5. The van der Waals surface area contributed by atoms with Gasteiger partial charge in [-0.25, -0.2) is 0 Å². The molecule has 0 bridgehead atoms. The first-order chi connectivity index (χ1) is 5.90. The van der Waals surface area contributed by atoms with E-state index in [4.69, 9.17) is 11.2 Å². The first-order valence-corrected chi connectivity index (χ1v) is 4.08. The average molecular weight is 158 g/mol. The Bertz CT molecular complexity index is 333. The normalized spacial score (nSPS) is 13.2. The van der Waals surface area contributed by atoms with E-state index in [1.807, 2.05) is 12.1 Å². The summed E-state index contributed by atoms with van der Waals surface area (Å²) >= 11 is 0. The maximum absolute atomic E-state index is 5.38. The molecule has 1 heteroatoms. The van der Waals surface area contributed by atoms with Crippen LogP contribution in [0.25, 0.3) is 0 Å². The molecule has 12 heavy (non-hydrogen) atoms. The van der Waals surface area contributed by atoms with E-state index in [0.29, 0.717) is 6.42 Å². The van der Waals surface area contributed by atoms with Crippen LogP contribution in [0.5, 0.6) is 5.75 Å². The molecule has 1 heterocycles. The highest BCUT2D eigenvalue weighted by Crippen LogP contribution is 2.25. The second-order valence-electron chi connectivity index (χ2n) is 2.92. The number of hydrogen-bond acceptors (Lipinski definition) is 1. The fourth-order valence-electron chi connectivity index (χ4n) is 1.47. The summed E-state index contributed by atoms with van der Waals surface area (Å²) in [4.78, 5) is 0. The topological polar surface area (TPSA) is 9.23 Å². The molecule has 1 aromatic carbocycles. The summed E-state index contributed by atoms with van der Waals surface area (Å²) in [7, 11) is 0. The van der Waals surface area contributed by atoms with Gasteiger partial charge in [-0.3, -0.25) is 0 Å². The third kappa shape index (κ3) is 1.16. The van der Waals surface area contributed by atoms with Crippen LogP contribution in [-0.2, 0) is 12.8 Å². The van der Waals surface area contributed by atoms with Crippen LogP contribution in [0.15, 0.2) is 18.2 Å². The SMILES string of the molecule is C#CCc1ccc2c(c1)CCO2. The third-order valence-corrected chi connectivity index (χ3v) is 2.06. The minimum absolute atomic E-state index is 0.716. The number of ether oxygens (including phenoxy) is 1. The van der Waals surface area contributed by atoms with Gasteiger partial charge in [0, 0.05) is 12.8 Å². The van der Waals surface area contributed by atoms with Gasteiger partial charge in [0.15, 0.2) is 0 Å². The molecule has 60 valence electrons. The van der Waals surface area contributed by atoms with Crippen LogP contribution in [0.3, 0.4) is 0 Å². The zero-order valence-electron chi connectivity index (χ0n) is 6.84. The van der Waals surface area contributed by atoms with Crippen LogP contribution in [0.4, 0.5) is 0 Å². The van der Waals surface area contributed by atoms with E-state index in [-0.39, 0.29) is 0 Å².